The van der Waals surface area contributed by atoms with Crippen LogP contribution in [0.3, 0.4) is 0 Å². The van der Waals surface area contributed by atoms with E-state index < -0.39 is 0 Å². The van der Waals surface area contributed by atoms with Crippen LogP contribution < -0.4 is 0 Å². The summed E-state index contributed by atoms with van der Waals surface area (Å²) in [5.41, 5.74) is 1.69. The van der Waals surface area contributed by atoms with E-state index >= 15 is 0 Å². The number of carbonyl (C=O) groups is 1. The van der Waals surface area contributed by atoms with E-state index in [0.29, 0.717) is 22.6 Å². The van der Waals surface area contributed by atoms with Gasteiger partial charge in [0, 0.05) is 33.9 Å². The minimum atomic E-state index is 0.0982. The molecule has 3 aromatic rings. The topological polar surface area (TPSA) is 36.1 Å². The van der Waals surface area contributed by atoms with Gasteiger partial charge in [0.15, 0.2) is 0 Å². The molecule has 1 aliphatic rings. The zero-order valence-electron chi connectivity index (χ0n) is 15.5. The molecule has 1 amide bonds. The predicted octanol–water partition coefficient (Wildman–Crippen LogP) is 6.09. The number of hydrogen-bond donors (Lipinski definition) is 1. The molecule has 0 aliphatic carbocycles. The lowest BCUT2D eigenvalue weighted by molar-refractivity contribution is 0.0614. The molecule has 0 bridgehead atoms. The molecule has 4 rings (SSSR count). The first-order valence-electron chi connectivity index (χ1n) is 9.34. The van der Waals surface area contributed by atoms with Gasteiger partial charge in [0.1, 0.15) is 5.69 Å². The molecule has 3 nitrogen and oxygen atoms in total. The molecule has 1 N–H and O–H groups in total. The van der Waals surface area contributed by atoms with Crippen LogP contribution in [0.25, 0.3) is 10.9 Å². The van der Waals surface area contributed by atoms with Gasteiger partial charge in [0.2, 0.25) is 0 Å². The standard InChI is InChI=1S/C22H23ClN2OS/c1-14-11-15(2)13-25(12-14)22(26)20-21(18-5-3-4-6-19(18)24-20)27-17-9-7-16(23)8-10-17/h3-10,14-15,24H,11-13H2,1-2H3/t14-,15+. The molecule has 140 valence electrons. The molecule has 0 saturated carbocycles. The Morgan fingerprint density at radius 3 is 2.44 bits per heavy atom. The lowest BCUT2D eigenvalue weighted by atomic mass is 9.92. The Morgan fingerprint density at radius 1 is 1.07 bits per heavy atom. The van der Waals surface area contributed by atoms with Crippen molar-refractivity contribution in [3.05, 3.63) is 59.2 Å². The lowest BCUT2D eigenvalue weighted by Crippen LogP contribution is -2.42. The van der Waals surface area contributed by atoms with Gasteiger partial charge in [-0.3, -0.25) is 4.79 Å². The van der Waals surface area contributed by atoms with Crippen molar-refractivity contribution < 1.29 is 4.79 Å². The third-order valence-corrected chi connectivity index (χ3v) is 6.45. The second-order valence-electron chi connectivity index (χ2n) is 7.59. The zero-order valence-corrected chi connectivity index (χ0v) is 17.1. The van der Waals surface area contributed by atoms with Gasteiger partial charge in [-0.2, -0.15) is 0 Å². The summed E-state index contributed by atoms with van der Waals surface area (Å²) in [6.45, 7) is 6.10. The van der Waals surface area contributed by atoms with E-state index in [0.717, 1.165) is 33.8 Å². The summed E-state index contributed by atoms with van der Waals surface area (Å²) in [4.78, 5) is 20.8. The fraction of sp³-hybridized carbons (Fsp3) is 0.318. The molecular formula is C22H23ClN2OS. The Balaban J connectivity index is 1.73. The number of nitrogens with one attached hydrogen (secondary N) is 1. The number of aromatic nitrogens is 1. The fourth-order valence-corrected chi connectivity index (χ4v) is 5.14. The summed E-state index contributed by atoms with van der Waals surface area (Å²) >= 11 is 7.64. The fourth-order valence-electron chi connectivity index (χ4n) is 3.98. The van der Waals surface area contributed by atoms with Gasteiger partial charge in [-0.05, 0) is 48.6 Å². The summed E-state index contributed by atoms with van der Waals surface area (Å²) < 4.78 is 0. The Labute approximate surface area is 169 Å². The van der Waals surface area contributed by atoms with Crippen molar-refractivity contribution in [2.75, 3.05) is 13.1 Å². The summed E-state index contributed by atoms with van der Waals surface area (Å²) in [5, 5.41) is 1.80. The molecule has 2 heterocycles. The maximum atomic E-state index is 13.4. The molecule has 27 heavy (non-hydrogen) atoms. The van der Waals surface area contributed by atoms with Crippen molar-refractivity contribution in [2.45, 2.75) is 30.1 Å². The Bertz CT molecular complexity index is 956. The summed E-state index contributed by atoms with van der Waals surface area (Å²) in [5.74, 6) is 1.17. The summed E-state index contributed by atoms with van der Waals surface area (Å²) in [7, 11) is 0. The smallest absolute Gasteiger partial charge is 0.271 e. The van der Waals surface area contributed by atoms with Gasteiger partial charge < -0.3 is 9.88 Å². The van der Waals surface area contributed by atoms with Gasteiger partial charge in [-0.15, -0.1) is 0 Å². The first-order valence-corrected chi connectivity index (χ1v) is 10.5. The molecule has 0 spiro atoms. The van der Waals surface area contributed by atoms with E-state index in [-0.39, 0.29) is 5.91 Å². The molecule has 1 aliphatic heterocycles. The highest BCUT2D eigenvalue weighted by Gasteiger charge is 2.29. The molecule has 1 saturated heterocycles. The number of rotatable bonds is 3. The normalized spacial score (nSPS) is 20.2. The van der Waals surface area contributed by atoms with Crippen LogP contribution in [-0.2, 0) is 0 Å². The number of halogens is 1. The predicted molar refractivity (Wildman–Crippen MR) is 113 cm³/mol. The van der Waals surface area contributed by atoms with Crippen LogP contribution in [0.1, 0.15) is 30.8 Å². The Hall–Kier alpha value is -1.91. The SMILES string of the molecule is C[C@@H]1C[C@H](C)CN(C(=O)c2[nH]c3ccccc3c2Sc2ccc(Cl)cc2)C1. The van der Waals surface area contributed by atoms with E-state index in [2.05, 4.69) is 24.9 Å². The minimum absolute atomic E-state index is 0.0982. The maximum absolute atomic E-state index is 13.4. The highest BCUT2D eigenvalue weighted by Crippen LogP contribution is 2.38. The van der Waals surface area contributed by atoms with Gasteiger partial charge >= 0.3 is 0 Å². The van der Waals surface area contributed by atoms with Crippen LogP contribution in [0.15, 0.2) is 58.3 Å². The number of amides is 1. The summed E-state index contributed by atoms with van der Waals surface area (Å²) in [6.07, 6.45) is 1.18. The number of piperidine rings is 1. The van der Waals surface area contributed by atoms with Crippen molar-refractivity contribution in [3.8, 4) is 0 Å². The number of likely N-dealkylation sites (tertiary alicyclic amines) is 1. The zero-order chi connectivity index (χ0) is 19.0. The van der Waals surface area contributed by atoms with E-state index in [1.54, 1.807) is 11.8 Å². The second kappa shape index (κ2) is 7.61. The lowest BCUT2D eigenvalue weighted by Gasteiger charge is -2.34. The van der Waals surface area contributed by atoms with E-state index in [1.807, 2.05) is 47.4 Å². The van der Waals surface area contributed by atoms with Gasteiger partial charge in [0.25, 0.3) is 5.91 Å². The first kappa shape index (κ1) is 18.5. The second-order valence-corrected chi connectivity index (χ2v) is 9.11. The number of nitrogens with zero attached hydrogens (tertiary/aromatic N) is 1. The van der Waals surface area contributed by atoms with Crippen molar-refractivity contribution in [1.29, 1.82) is 0 Å². The van der Waals surface area contributed by atoms with Crippen molar-refractivity contribution in [1.82, 2.24) is 9.88 Å². The quantitative estimate of drug-likeness (QED) is 0.579. The largest absolute Gasteiger partial charge is 0.350 e. The van der Waals surface area contributed by atoms with Crippen LogP contribution in [0.5, 0.6) is 0 Å². The van der Waals surface area contributed by atoms with Crippen LogP contribution in [-0.4, -0.2) is 28.9 Å². The van der Waals surface area contributed by atoms with E-state index in [9.17, 15) is 4.79 Å². The Kier molecular flexibility index (Phi) is 5.20. The Morgan fingerprint density at radius 2 is 1.74 bits per heavy atom. The number of fused-ring (bicyclic) bond motifs is 1. The van der Waals surface area contributed by atoms with Crippen molar-refractivity contribution >= 4 is 40.2 Å². The van der Waals surface area contributed by atoms with E-state index in [4.69, 9.17) is 11.6 Å². The van der Waals surface area contributed by atoms with Crippen molar-refractivity contribution in [2.24, 2.45) is 11.8 Å². The van der Waals surface area contributed by atoms with Crippen LogP contribution in [0.4, 0.5) is 0 Å². The molecule has 0 unspecified atom stereocenters. The van der Waals surface area contributed by atoms with E-state index in [1.165, 1.54) is 6.42 Å². The third-order valence-electron chi connectivity index (χ3n) is 5.06. The number of aromatic amines is 1. The van der Waals surface area contributed by atoms with Crippen LogP contribution in [0.2, 0.25) is 5.02 Å². The molecule has 2 aromatic carbocycles. The first-order chi connectivity index (χ1) is 13.0. The van der Waals surface area contributed by atoms with Crippen LogP contribution in [0, 0.1) is 11.8 Å². The highest BCUT2D eigenvalue weighted by molar-refractivity contribution is 7.99. The molecule has 1 fully saturated rings. The minimum Gasteiger partial charge on any atom is -0.350 e. The maximum Gasteiger partial charge on any atom is 0.271 e. The van der Waals surface area contributed by atoms with Gasteiger partial charge in [-0.1, -0.05) is 55.4 Å². The number of carbonyl (C=O) groups excluding carboxylic acids is 1. The number of benzene rings is 2. The third kappa shape index (κ3) is 3.87. The number of para-hydroxylation sites is 1. The molecule has 0 radical (unpaired) electrons. The van der Waals surface area contributed by atoms with Crippen LogP contribution >= 0.6 is 23.4 Å². The average Bonchev–Trinajstić information content (AvgIpc) is 3.01. The average molecular weight is 399 g/mol. The van der Waals surface area contributed by atoms with Gasteiger partial charge in [-0.25, -0.2) is 0 Å². The monoisotopic (exact) mass is 398 g/mol. The number of hydrogen-bond acceptors (Lipinski definition) is 2. The summed E-state index contributed by atoms with van der Waals surface area (Å²) in [6, 6.07) is 15.9. The molecular weight excluding hydrogens is 376 g/mol. The van der Waals surface area contributed by atoms with Gasteiger partial charge in [0.05, 0.1) is 4.90 Å². The molecule has 5 heteroatoms. The molecule has 1 aromatic heterocycles. The number of H-pyrrole nitrogens is 1. The van der Waals surface area contributed by atoms with Crippen molar-refractivity contribution in [3.63, 3.8) is 0 Å². The molecule has 2 atom stereocenters. The highest BCUT2D eigenvalue weighted by atomic mass is 35.5.